The third kappa shape index (κ3) is 2.02. The van der Waals surface area contributed by atoms with Crippen molar-refractivity contribution < 1.29 is 4.79 Å². The van der Waals surface area contributed by atoms with Crippen molar-refractivity contribution in [1.29, 1.82) is 0 Å². The van der Waals surface area contributed by atoms with Crippen molar-refractivity contribution >= 4 is 28.8 Å². The molecule has 0 aliphatic carbocycles. The standard InChI is InChI=1S/C15H14ClN3O/c1-2-3-13-11(7-17-19-13)15-12(8-20)10-5-4-9(16)6-14(10)18-15/h4-8,18H,2-3H2,1H3,(H,17,19). The minimum Gasteiger partial charge on any atom is -0.354 e. The van der Waals surface area contributed by atoms with E-state index < -0.39 is 0 Å². The van der Waals surface area contributed by atoms with Gasteiger partial charge in [-0.1, -0.05) is 31.0 Å². The summed E-state index contributed by atoms with van der Waals surface area (Å²) in [5, 5.41) is 8.66. The van der Waals surface area contributed by atoms with Crippen molar-refractivity contribution in [3.8, 4) is 11.3 Å². The van der Waals surface area contributed by atoms with E-state index in [-0.39, 0.29) is 0 Å². The molecule has 2 aromatic heterocycles. The van der Waals surface area contributed by atoms with Crippen LogP contribution in [0.5, 0.6) is 0 Å². The van der Waals surface area contributed by atoms with E-state index in [2.05, 4.69) is 22.1 Å². The van der Waals surface area contributed by atoms with E-state index in [1.807, 2.05) is 18.3 Å². The number of nitrogens with one attached hydrogen (secondary N) is 2. The van der Waals surface area contributed by atoms with E-state index in [4.69, 9.17) is 11.6 Å². The lowest BCUT2D eigenvalue weighted by Gasteiger charge is -1.99. The zero-order valence-corrected chi connectivity index (χ0v) is 11.8. The summed E-state index contributed by atoms with van der Waals surface area (Å²) in [5.41, 5.74) is 4.22. The fraction of sp³-hybridized carbons (Fsp3) is 0.200. The van der Waals surface area contributed by atoms with E-state index in [1.165, 1.54) is 0 Å². The SMILES string of the molecule is CCCc1n[nH]cc1-c1[nH]c2cc(Cl)ccc2c1C=O. The first kappa shape index (κ1) is 12.9. The maximum Gasteiger partial charge on any atom is 0.152 e. The van der Waals surface area contributed by atoms with Gasteiger partial charge >= 0.3 is 0 Å². The molecule has 0 saturated carbocycles. The Morgan fingerprint density at radius 2 is 2.25 bits per heavy atom. The molecule has 1 aromatic carbocycles. The molecule has 0 aliphatic rings. The van der Waals surface area contributed by atoms with Gasteiger partial charge in [-0.05, 0) is 18.6 Å². The van der Waals surface area contributed by atoms with Crippen LogP contribution in [0.1, 0.15) is 29.4 Å². The van der Waals surface area contributed by atoms with Crippen molar-refractivity contribution in [2.45, 2.75) is 19.8 Å². The van der Waals surface area contributed by atoms with Crippen LogP contribution in [0.15, 0.2) is 24.4 Å². The van der Waals surface area contributed by atoms with E-state index in [0.717, 1.165) is 47.0 Å². The fourth-order valence-corrected chi connectivity index (χ4v) is 2.66. The Morgan fingerprint density at radius 3 is 3.00 bits per heavy atom. The van der Waals surface area contributed by atoms with Gasteiger partial charge in [0.2, 0.25) is 0 Å². The Balaban J connectivity index is 2.24. The zero-order chi connectivity index (χ0) is 14.1. The van der Waals surface area contributed by atoms with Gasteiger partial charge < -0.3 is 4.98 Å². The second-order valence-electron chi connectivity index (χ2n) is 4.72. The van der Waals surface area contributed by atoms with Crippen molar-refractivity contribution in [2.75, 3.05) is 0 Å². The minimum atomic E-state index is 0.642. The summed E-state index contributed by atoms with van der Waals surface area (Å²) in [6.07, 6.45) is 4.57. The third-order valence-electron chi connectivity index (χ3n) is 3.39. The number of carbonyl (C=O) groups excluding carboxylic acids is 1. The molecule has 4 nitrogen and oxygen atoms in total. The molecule has 0 amide bonds. The van der Waals surface area contributed by atoms with E-state index >= 15 is 0 Å². The summed E-state index contributed by atoms with van der Waals surface area (Å²) in [5.74, 6) is 0. The number of aldehydes is 1. The highest BCUT2D eigenvalue weighted by Crippen LogP contribution is 2.32. The van der Waals surface area contributed by atoms with Gasteiger partial charge in [0.15, 0.2) is 6.29 Å². The van der Waals surface area contributed by atoms with E-state index in [0.29, 0.717) is 10.6 Å². The Labute approximate surface area is 121 Å². The van der Waals surface area contributed by atoms with Crippen molar-refractivity contribution in [3.63, 3.8) is 0 Å². The smallest absolute Gasteiger partial charge is 0.152 e. The molecule has 0 bridgehead atoms. The lowest BCUT2D eigenvalue weighted by atomic mass is 10.0. The van der Waals surface area contributed by atoms with E-state index in [1.54, 1.807) is 6.07 Å². The molecule has 0 fully saturated rings. The second kappa shape index (κ2) is 5.13. The first-order valence-electron chi connectivity index (χ1n) is 6.54. The molecule has 0 radical (unpaired) electrons. The molecule has 0 spiro atoms. The number of hydrogen-bond acceptors (Lipinski definition) is 2. The number of fused-ring (bicyclic) bond motifs is 1. The highest BCUT2D eigenvalue weighted by molar-refractivity contribution is 6.31. The average Bonchev–Trinajstić information content (AvgIpc) is 3.01. The number of aromatic amines is 2. The molecule has 102 valence electrons. The largest absolute Gasteiger partial charge is 0.354 e. The Kier molecular flexibility index (Phi) is 3.32. The van der Waals surface area contributed by atoms with Crippen LogP contribution in [0, 0.1) is 0 Å². The number of hydrogen-bond donors (Lipinski definition) is 2. The average molecular weight is 288 g/mol. The maximum atomic E-state index is 11.5. The van der Waals surface area contributed by atoms with Crippen LogP contribution in [0.3, 0.4) is 0 Å². The normalized spacial score (nSPS) is 11.1. The van der Waals surface area contributed by atoms with Crippen LogP contribution in [0.4, 0.5) is 0 Å². The molecule has 0 aliphatic heterocycles. The lowest BCUT2D eigenvalue weighted by Crippen LogP contribution is -1.90. The zero-order valence-electron chi connectivity index (χ0n) is 11.0. The van der Waals surface area contributed by atoms with E-state index in [9.17, 15) is 4.79 Å². The Bertz CT molecular complexity index is 773. The lowest BCUT2D eigenvalue weighted by molar-refractivity contribution is 0.112. The highest BCUT2D eigenvalue weighted by Gasteiger charge is 2.16. The van der Waals surface area contributed by atoms with Crippen LogP contribution in [-0.4, -0.2) is 21.5 Å². The molecule has 5 heteroatoms. The van der Waals surface area contributed by atoms with Gasteiger partial charge in [-0.2, -0.15) is 5.10 Å². The molecule has 2 heterocycles. The quantitative estimate of drug-likeness (QED) is 0.713. The third-order valence-corrected chi connectivity index (χ3v) is 3.63. The molecule has 3 aromatic rings. The number of benzene rings is 1. The Morgan fingerprint density at radius 1 is 1.40 bits per heavy atom. The summed E-state index contributed by atoms with van der Waals surface area (Å²) >= 11 is 6.00. The monoisotopic (exact) mass is 287 g/mol. The van der Waals surface area contributed by atoms with Crippen LogP contribution >= 0.6 is 11.6 Å². The van der Waals surface area contributed by atoms with Gasteiger partial charge in [0.05, 0.1) is 11.4 Å². The number of nitrogens with zero attached hydrogens (tertiary/aromatic N) is 1. The summed E-state index contributed by atoms with van der Waals surface area (Å²) in [7, 11) is 0. The predicted molar refractivity (Wildman–Crippen MR) is 80.3 cm³/mol. The molecule has 20 heavy (non-hydrogen) atoms. The summed E-state index contributed by atoms with van der Waals surface area (Å²) in [6, 6.07) is 5.48. The minimum absolute atomic E-state index is 0.642. The second-order valence-corrected chi connectivity index (χ2v) is 5.15. The van der Waals surface area contributed by atoms with Gasteiger partial charge in [-0.25, -0.2) is 0 Å². The molecule has 2 N–H and O–H groups in total. The number of rotatable bonds is 4. The fourth-order valence-electron chi connectivity index (χ4n) is 2.49. The number of carbonyl (C=O) groups is 1. The molecule has 0 unspecified atom stereocenters. The molecular weight excluding hydrogens is 274 g/mol. The first-order valence-corrected chi connectivity index (χ1v) is 6.91. The van der Waals surface area contributed by atoms with Gasteiger partial charge in [-0.3, -0.25) is 9.89 Å². The predicted octanol–water partition coefficient (Wildman–Crippen LogP) is 3.98. The number of halogens is 1. The van der Waals surface area contributed by atoms with Crippen LogP contribution in [0.2, 0.25) is 5.02 Å². The van der Waals surface area contributed by atoms with Gasteiger partial charge in [0.25, 0.3) is 0 Å². The molecule has 3 rings (SSSR count). The van der Waals surface area contributed by atoms with Crippen molar-refractivity contribution in [3.05, 3.63) is 40.7 Å². The van der Waals surface area contributed by atoms with Crippen LogP contribution in [0.25, 0.3) is 22.2 Å². The van der Waals surface area contributed by atoms with Gasteiger partial charge in [0.1, 0.15) is 0 Å². The molecule has 0 atom stereocenters. The number of aryl methyl sites for hydroxylation is 1. The van der Waals surface area contributed by atoms with Crippen LogP contribution < -0.4 is 0 Å². The van der Waals surface area contributed by atoms with Crippen molar-refractivity contribution in [2.24, 2.45) is 0 Å². The first-order chi connectivity index (χ1) is 9.74. The highest BCUT2D eigenvalue weighted by atomic mass is 35.5. The Hall–Kier alpha value is -2.07. The van der Waals surface area contributed by atoms with Gasteiger partial charge in [-0.15, -0.1) is 0 Å². The summed E-state index contributed by atoms with van der Waals surface area (Å²) in [6.45, 7) is 2.10. The number of H-pyrrole nitrogens is 2. The number of aromatic nitrogens is 3. The maximum absolute atomic E-state index is 11.5. The topological polar surface area (TPSA) is 61.5 Å². The molecular formula is C15H14ClN3O. The van der Waals surface area contributed by atoms with Gasteiger partial charge in [0, 0.05) is 33.2 Å². The summed E-state index contributed by atoms with van der Waals surface area (Å²) < 4.78 is 0. The van der Waals surface area contributed by atoms with Crippen molar-refractivity contribution in [1.82, 2.24) is 15.2 Å². The summed E-state index contributed by atoms with van der Waals surface area (Å²) in [4.78, 5) is 14.7. The molecule has 0 saturated heterocycles. The van der Waals surface area contributed by atoms with Crippen LogP contribution in [-0.2, 0) is 6.42 Å².